The zero-order valence-electron chi connectivity index (χ0n) is 14.4. The minimum atomic E-state index is -0.485. The Morgan fingerprint density at radius 1 is 1.15 bits per heavy atom. The summed E-state index contributed by atoms with van der Waals surface area (Å²) < 4.78 is 5.29. The molecule has 27 heavy (non-hydrogen) atoms. The van der Waals surface area contributed by atoms with Crippen LogP contribution in [-0.4, -0.2) is 55.6 Å². The summed E-state index contributed by atoms with van der Waals surface area (Å²) in [6.07, 6.45) is 0.0479. The number of anilines is 1. The number of nitrogens with zero attached hydrogens (tertiary/aromatic N) is 2. The van der Waals surface area contributed by atoms with E-state index in [4.69, 9.17) is 4.74 Å². The number of hydrogen-bond acceptors (Lipinski definition) is 8. The van der Waals surface area contributed by atoms with Crippen molar-refractivity contribution in [3.8, 4) is 0 Å². The average Bonchev–Trinajstić information content (AvgIpc) is 3.38. The van der Waals surface area contributed by atoms with Crippen LogP contribution in [0.25, 0.3) is 0 Å². The van der Waals surface area contributed by atoms with Crippen molar-refractivity contribution in [2.75, 3.05) is 37.7 Å². The monoisotopic (exact) mass is 409 g/mol. The van der Waals surface area contributed by atoms with E-state index in [1.54, 1.807) is 22.2 Å². The standard InChI is InChI=1S/C16H19N5O4S2/c22-13(1-3-17-14(23)11-2-8-26-9-11)19-20-15(24)12-10-27-16(18-12)21-4-6-25-7-5-21/h2,8-10H,1,3-7H2,(H,17,23)(H,19,22)(H,20,24). The van der Waals surface area contributed by atoms with E-state index in [0.717, 1.165) is 18.2 Å². The Labute approximate surface area is 163 Å². The normalized spacial score (nSPS) is 13.9. The SMILES string of the molecule is O=C(CCNC(=O)c1ccsc1)NNC(=O)c1csc(N2CCOCC2)n1. The van der Waals surface area contributed by atoms with Gasteiger partial charge < -0.3 is 15.0 Å². The first kappa shape index (κ1) is 19.3. The maximum Gasteiger partial charge on any atom is 0.289 e. The third kappa shape index (κ3) is 5.49. The van der Waals surface area contributed by atoms with E-state index >= 15 is 0 Å². The second-order valence-corrected chi connectivity index (χ2v) is 7.25. The third-order valence-corrected chi connectivity index (χ3v) is 5.33. The lowest BCUT2D eigenvalue weighted by molar-refractivity contribution is -0.121. The molecule has 3 N–H and O–H groups in total. The molecule has 0 aliphatic carbocycles. The second kappa shape index (κ2) is 9.44. The van der Waals surface area contributed by atoms with Crippen molar-refractivity contribution in [2.45, 2.75) is 6.42 Å². The van der Waals surface area contributed by atoms with Gasteiger partial charge in [0.2, 0.25) is 5.91 Å². The topological polar surface area (TPSA) is 113 Å². The highest BCUT2D eigenvalue weighted by Gasteiger charge is 2.17. The molecule has 9 nitrogen and oxygen atoms in total. The minimum Gasteiger partial charge on any atom is -0.378 e. The number of nitrogens with one attached hydrogen (secondary N) is 3. The minimum absolute atomic E-state index is 0.0479. The largest absolute Gasteiger partial charge is 0.378 e. The van der Waals surface area contributed by atoms with Gasteiger partial charge in [-0.3, -0.25) is 25.2 Å². The molecule has 3 heterocycles. The predicted octanol–water partition coefficient (Wildman–Crippen LogP) is 0.622. The Morgan fingerprint density at radius 2 is 1.96 bits per heavy atom. The van der Waals surface area contributed by atoms with Gasteiger partial charge in [0.15, 0.2) is 5.13 Å². The van der Waals surface area contributed by atoms with Crippen molar-refractivity contribution >= 4 is 45.5 Å². The summed E-state index contributed by atoms with van der Waals surface area (Å²) in [5.74, 6) is -1.12. The molecule has 1 aliphatic rings. The molecule has 2 aromatic rings. The van der Waals surface area contributed by atoms with E-state index in [2.05, 4.69) is 26.1 Å². The molecule has 144 valence electrons. The Hall–Kier alpha value is -2.50. The Kier molecular flexibility index (Phi) is 6.74. The summed E-state index contributed by atoms with van der Waals surface area (Å²) in [6, 6.07) is 1.71. The lowest BCUT2D eigenvalue weighted by atomic mass is 10.3. The van der Waals surface area contributed by atoms with E-state index in [1.165, 1.54) is 22.7 Å². The fourth-order valence-electron chi connectivity index (χ4n) is 2.31. The van der Waals surface area contributed by atoms with Crippen molar-refractivity contribution in [3.63, 3.8) is 0 Å². The van der Waals surface area contributed by atoms with Crippen LogP contribution in [0.5, 0.6) is 0 Å². The predicted molar refractivity (Wildman–Crippen MR) is 102 cm³/mol. The number of ether oxygens (including phenoxy) is 1. The molecule has 3 amide bonds. The molecule has 0 atom stereocenters. The van der Waals surface area contributed by atoms with Crippen LogP contribution in [0.3, 0.4) is 0 Å². The van der Waals surface area contributed by atoms with E-state index < -0.39 is 11.8 Å². The Balaban J connectivity index is 1.37. The van der Waals surface area contributed by atoms with Crippen LogP contribution in [-0.2, 0) is 9.53 Å². The van der Waals surface area contributed by atoms with Gasteiger partial charge in [-0.25, -0.2) is 4.98 Å². The zero-order chi connectivity index (χ0) is 19.1. The molecule has 0 unspecified atom stereocenters. The first-order valence-electron chi connectivity index (χ1n) is 8.31. The first-order valence-corrected chi connectivity index (χ1v) is 10.1. The molecule has 1 saturated heterocycles. The van der Waals surface area contributed by atoms with Gasteiger partial charge in [0.1, 0.15) is 5.69 Å². The molecule has 0 bridgehead atoms. The third-order valence-electron chi connectivity index (χ3n) is 3.74. The lowest BCUT2D eigenvalue weighted by Gasteiger charge is -2.25. The number of morpholine rings is 1. The van der Waals surface area contributed by atoms with Crippen LogP contribution in [0, 0.1) is 0 Å². The maximum atomic E-state index is 12.1. The summed E-state index contributed by atoms with van der Waals surface area (Å²) in [5, 5.41) is 8.58. The maximum absolute atomic E-state index is 12.1. The van der Waals surface area contributed by atoms with Crippen LogP contribution < -0.4 is 21.1 Å². The smallest absolute Gasteiger partial charge is 0.289 e. The van der Waals surface area contributed by atoms with E-state index in [9.17, 15) is 14.4 Å². The summed E-state index contributed by atoms with van der Waals surface area (Å²) in [4.78, 5) is 42.0. The number of hydrazine groups is 1. The fourth-order valence-corrected chi connectivity index (χ4v) is 3.80. The average molecular weight is 409 g/mol. The number of aromatic nitrogens is 1. The molecule has 0 saturated carbocycles. The quantitative estimate of drug-likeness (QED) is 0.603. The highest BCUT2D eigenvalue weighted by atomic mass is 32.1. The van der Waals surface area contributed by atoms with E-state index in [1.807, 2.05) is 0 Å². The Bertz CT molecular complexity index is 787. The van der Waals surface area contributed by atoms with Gasteiger partial charge in [0.25, 0.3) is 11.8 Å². The van der Waals surface area contributed by atoms with Crippen LogP contribution in [0.2, 0.25) is 0 Å². The van der Waals surface area contributed by atoms with Crippen molar-refractivity contribution in [1.82, 2.24) is 21.2 Å². The zero-order valence-corrected chi connectivity index (χ0v) is 16.0. The van der Waals surface area contributed by atoms with Crippen molar-refractivity contribution < 1.29 is 19.1 Å². The number of carbonyl (C=O) groups excluding carboxylic acids is 3. The van der Waals surface area contributed by atoms with Crippen molar-refractivity contribution in [3.05, 3.63) is 33.5 Å². The van der Waals surface area contributed by atoms with Gasteiger partial charge in [-0.15, -0.1) is 11.3 Å². The van der Waals surface area contributed by atoms with Gasteiger partial charge in [0, 0.05) is 42.4 Å². The van der Waals surface area contributed by atoms with Crippen LogP contribution in [0.1, 0.15) is 27.3 Å². The number of thiazole rings is 1. The molecule has 0 aromatic carbocycles. The molecule has 0 radical (unpaired) electrons. The summed E-state index contributed by atoms with van der Waals surface area (Å²) >= 11 is 2.80. The van der Waals surface area contributed by atoms with E-state index in [-0.39, 0.29) is 24.6 Å². The molecule has 3 rings (SSSR count). The van der Waals surface area contributed by atoms with Crippen LogP contribution in [0.4, 0.5) is 5.13 Å². The van der Waals surface area contributed by atoms with Gasteiger partial charge >= 0.3 is 0 Å². The van der Waals surface area contributed by atoms with Crippen LogP contribution >= 0.6 is 22.7 Å². The first-order chi connectivity index (χ1) is 13.1. The van der Waals surface area contributed by atoms with Crippen LogP contribution in [0.15, 0.2) is 22.2 Å². The van der Waals surface area contributed by atoms with Gasteiger partial charge in [-0.05, 0) is 11.4 Å². The highest BCUT2D eigenvalue weighted by Crippen LogP contribution is 2.21. The summed E-state index contributed by atoms with van der Waals surface area (Å²) in [5.41, 5.74) is 5.46. The second-order valence-electron chi connectivity index (χ2n) is 5.63. The van der Waals surface area contributed by atoms with Gasteiger partial charge in [0.05, 0.1) is 13.2 Å². The molecular formula is C16H19N5O4S2. The number of hydrogen-bond donors (Lipinski definition) is 3. The highest BCUT2D eigenvalue weighted by molar-refractivity contribution is 7.14. The van der Waals surface area contributed by atoms with Crippen molar-refractivity contribution in [1.29, 1.82) is 0 Å². The summed E-state index contributed by atoms with van der Waals surface area (Å²) in [7, 11) is 0. The number of carbonyl (C=O) groups is 3. The lowest BCUT2D eigenvalue weighted by Crippen LogP contribution is -2.43. The van der Waals surface area contributed by atoms with E-state index in [0.29, 0.717) is 18.8 Å². The molecule has 2 aromatic heterocycles. The van der Waals surface area contributed by atoms with Crippen molar-refractivity contribution in [2.24, 2.45) is 0 Å². The van der Waals surface area contributed by atoms with Gasteiger partial charge in [-0.1, -0.05) is 0 Å². The summed E-state index contributed by atoms with van der Waals surface area (Å²) in [6.45, 7) is 2.93. The fraction of sp³-hybridized carbons (Fsp3) is 0.375. The molecular weight excluding hydrogens is 390 g/mol. The molecule has 0 spiro atoms. The molecule has 1 aliphatic heterocycles. The molecule has 1 fully saturated rings. The number of thiophene rings is 1. The van der Waals surface area contributed by atoms with Gasteiger partial charge in [-0.2, -0.15) is 11.3 Å². The number of rotatable bonds is 6. The number of amides is 3. The Morgan fingerprint density at radius 3 is 2.70 bits per heavy atom. The molecule has 11 heteroatoms.